The van der Waals surface area contributed by atoms with Gasteiger partial charge < -0.3 is 9.47 Å². The predicted octanol–water partition coefficient (Wildman–Crippen LogP) is -0.257. The van der Waals surface area contributed by atoms with Crippen LogP contribution in [0.2, 0.25) is 0 Å². The molecule has 94 valence electrons. The van der Waals surface area contributed by atoms with Crippen LogP contribution in [0.5, 0.6) is 0 Å². The van der Waals surface area contributed by atoms with Crippen LogP contribution >= 0.6 is 0 Å². The van der Waals surface area contributed by atoms with Crippen LogP contribution in [0, 0.1) is 17.3 Å². The summed E-state index contributed by atoms with van der Waals surface area (Å²) in [6.45, 7) is 2.36. The van der Waals surface area contributed by atoms with Gasteiger partial charge in [-0.3, -0.25) is 19.2 Å². The van der Waals surface area contributed by atoms with E-state index < -0.39 is 40.8 Å². The Morgan fingerprint density at radius 3 is 1.29 bits per heavy atom. The summed E-state index contributed by atoms with van der Waals surface area (Å²) in [7, 11) is 2.28. The van der Waals surface area contributed by atoms with Crippen molar-refractivity contribution in [2.45, 2.75) is 13.8 Å². The molecule has 0 saturated heterocycles. The molecule has 0 aromatic carbocycles. The molecule has 1 fully saturated rings. The van der Waals surface area contributed by atoms with Crippen molar-refractivity contribution >= 4 is 23.5 Å². The first kappa shape index (κ1) is 13.3. The molecule has 1 aliphatic carbocycles. The molecule has 0 aliphatic heterocycles. The second-order valence-corrected chi connectivity index (χ2v) is 3.98. The van der Waals surface area contributed by atoms with Crippen LogP contribution < -0.4 is 0 Å². The van der Waals surface area contributed by atoms with Crippen molar-refractivity contribution in [3.8, 4) is 0 Å². The summed E-state index contributed by atoms with van der Waals surface area (Å²) in [5.41, 5.74) is -1.60. The third-order valence-corrected chi connectivity index (χ3v) is 3.28. The van der Waals surface area contributed by atoms with Crippen molar-refractivity contribution in [1.29, 1.82) is 0 Å². The van der Waals surface area contributed by atoms with Crippen LogP contribution in [0.3, 0.4) is 0 Å². The second-order valence-electron chi connectivity index (χ2n) is 3.98. The maximum absolute atomic E-state index is 11.6. The summed E-state index contributed by atoms with van der Waals surface area (Å²) in [6, 6.07) is 0. The van der Waals surface area contributed by atoms with Crippen LogP contribution in [0.1, 0.15) is 13.8 Å². The summed E-state index contributed by atoms with van der Waals surface area (Å²) in [5, 5.41) is 0. The van der Waals surface area contributed by atoms with Crippen molar-refractivity contribution in [2.24, 2.45) is 17.3 Å². The molecule has 0 radical (unpaired) electrons. The van der Waals surface area contributed by atoms with E-state index in [0.29, 0.717) is 0 Å². The standard InChI is InChI=1S/C11H14O6/c1-5(12)11(6(2)13)7(9(14)16-3)8(11)10(15)17-4/h7-8H,1-4H3. The van der Waals surface area contributed by atoms with Gasteiger partial charge in [0.2, 0.25) is 0 Å². The number of methoxy groups -OCH3 is 2. The molecule has 2 unspecified atom stereocenters. The van der Waals surface area contributed by atoms with Gasteiger partial charge in [0.15, 0.2) is 0 Å². The van der Waals surface area contributed by atoms with E-state index in [1.54, 1.807) is 0 Å². The zero-order valence-corrected chi connectivity index (χ0v) is 10.1. The van der Waals surface area contributed by atoms with Crippen LogP contribution in [0.15, 0.2) is 0 Å². The van der Waals surface area contributed by atoms with Gasteiger partial charge in [-0.05, 0) is 13.8 Å². The Hall–Kier alpha value is -1.72. The average molecular weight is 242 g/mol. The first-order valence-corrected chi connectivity index (χ1v) is 5.03. The van der Waals surface area contributed by atoms with E-state index in [1.807, 2.05) is 0 Å². The van der Waals surface area contributed by atoms with E-state index in [-0.39, 0.29) is 0 Å². The highest BCUT2D eigenvalue weighted by molar-refractivity contribution is 6.17. The number of hydrogen-bond acceptors (Lipinski definition) is 6. The van der Waals surface area contributed by atoms with E-state index in [1.165, 1.54) is 13.8 Å². The number of carbonyl (C=O) groups excluding carboxylic acids is 4. The maximum atomic E-state index is 11.6. The summed E-state index contributed by atoms with van der Waals surface area (Å²) < 4.78 is 9.01. The SMILES string of the molecule is COC(=O)C1C(C(=O)OC)C1(C(C)=O)C(C)=O. The van der Waals surface area contributed by atoms with Gasteiger partial charge in [-0.15, -0.1) is 0 Å². The third-order valence-electron chi connectivity index (χ3n) is 3.28. The maximum Gasteiger partial charge on any atom is 0.311 e. The lowest BCUT2D eigenvalue weighted by molar-refractivity contribution is -0.148. The number of Topliss-reactive ketones (excluding diaryl/α,β-unsaturated/α-hetero) is 2. The first-order chi connectivity index (χ1) is 7.85. The fraction of sp³-hybridized carbons (Fsp3) is 0.636. The van der Waals surface area contributed by atoms with Gasteiger partial charge >= 0.3 is 11.9 Å². The lowest BCUT2D eigenvalue weighted by atomic mass is 9.92. The number of rotatable bonds is 4. The molecule has 6 nitrogen and oxygen atoms in total. The minimum Gasteiger partial charge on any atom is -0.469 e. The van der Waals surface area contributed by atoms with Gasteiger partial charge in [-0.1, -0.05) is 0 Å². The molecule has 0 N–H and O–H groups in total. The number of ketones is 2. The molecule has 1 rings (SSSR count). The number of carbonyl (C=O) groups is 4. The molecule has 0 bridgehead atoms. The largest absolute Gasteiger partial charge is 0.469 e. The zero-order valence-electron chi connectivity index (χ0n) is 10.1. The Kier molecular flexibility index (Phi) is 3.35. The predicted molar refractivity (Wildman–Crippen MR) is 54.8 cm³/mol. The zero-order chi connectivity index (χ0) is 13.4. The van der Waals surface area contributed by atoms with E-state index in [9.17, 15) is 19.2 Å². The molecule has 0 spiro atoms. The minimum absolute atomic E-state index is 0.518. The Morgan fingerprint density at radius 1 is 0.824 bits per heavy atom. The van der Waals surface area contributed by atoms with Gasteiger partial charge in [0.1, 0.15) is 17.0 Å². The van der Waals surface area contributed by atoms with Crippen molar-refractivity contribution in [2.75, 3.05) is 14.2 Å². The van der Waals surface area contributed by atoms with Gasteiger partial charge in [-0.2, -0.15) is 0 Å². The van der Waals surface area contributed by atoms with Crippen molar-refractivity contribution in [3.05, 3.63) is 0 Å². The van der Waals surface area contributed by atoms with Gasteiger partial charge in [0.05, 0.1) is 26.1 Å². The molecule has 0 heterocycles. The molecule has 1 aliphatic rings. The highest BCUT2D eigenvalue weighted by atomic mass is 16.5. The molecule has 0 aromatic heterocycles. The summed E-state index contributed by atoms with van der Waals surface area (Å²) >= 11 is 0. The fourth-order valence-corrected chi connectivity index (χ4v) is 2.41. The topological polar surface area (TPSA) is 86.7 Å². The lowest BCUT2D eigenvalue weighted by Gasteiger charge is -2.08. The molecule has 0 amide bonds. The summed E-state index contributed by atoms with van der Waals surface area (Å²) in [6.07, 6.45) is 0. The highest BCUT2D eigenvalue weighted by Crippen LogP contribution is 2.61. The monoisotopic (exact) mass is 242 g/mol. The number of hydrogen-bond donors (Lipinski definition) is 0. The molecule has 1 saturated carbocycles. The van der Waals surface area contributed by atoms with Gasteiger partial charge in [-0.25, -0.2) is 0 Å². The Labute approximate surface area is 98.3 Å². The number of esters is 2. The molecular weight excluding hydrogens is 228 g/mol. The van der Waals surface area contributed by atoms with Crippen LogP contribution in [-0.4, -0.2) is 37.7 Å². The van der Waals surface area contributed by atoms with E-state index in [4.69, 9.17) is 0 Å². The first-order valence-electron chi connectivity index (χ1n) is 5.03. The Bertz CT molecular complexity index is 359. The summed E-state index contributed by atoms with van der Waals surface area (Å²) in [5.74, 6) is -4.65. The summed E-state index contributed by atoms with van der Waals surface area (Å²) in [4.78, 5) is 46.2. The second kappa shape index (κ2) is 4.27. The van der Waals surface area contributed by atoms with Crippen LogP contribution in [0.25, 0.3) is 0 Å². The van der Waals surface area contributed by atoms with Gasteiger partial charge in [0.25, 0.3) is 0 Å². The molecule has 6 heteroatoms. The van der Waals surface area contributed by atoms with Crippen LogP contribution in [0.4, 0.5) is 0 Å². The minimum atomic E-state index is -1.60. The smallest absolute Gasteiger partial charge is 0.311 e. The molecular formula is C11H14O6. The Balaban J connectivity index is 3.20. The third kappa shape index (κ3) is 1.64. The van der Waals surface area contributed by atoms with Gasteiger partial charge in [0, 0.05) is 0 Å². The lowest BCUT2D eigenvalue weighted by Crippen LogP contribution is -2.28. The molecule has 2 atom stereocenters. The fourth-order valence-electron chi connectivity index (χ4n) is 2.41. The molecule has 0 aromatic rings. The van der Waals surface area contributed by atoms with Crippen LogP contribution in [-0.2, 0) is 28.7 Å². The Morgan fingerprint density at radius 2 is 1.12 bits per heavy atom. The van der Waals surface area contributed by atoms with E-state index in [2.05, 4.69) is 9.47 Å². The van der Waals surface area contributed by atoms with E-state index >= 15 is 0 Å². The van der Waals surface area contributed by atoms with Crippen molar-refractivity contribution in [3.63, 3.8) is 0 Å². The van der Waals surface area contributed by atoms with Crippen molar-refractivity contribution < 1.29 is 28.7 Å². The average Bonchev–Trinajstić information content (AvgIpc) is 2.98. The quantitative estimate of drug-likeness (QED) is 0.498. The normalized spacial score (nSPS) is 24.7. The number of ether oxygens (including phenoxy) is 2. The highest BCUT2D eigenvalue weighted by Gasteiger charge is 2.78. The van der Waals surface area contributed by atoms with Crippen molar-refractivity contribution in [1.82, 2.24) is 0 Å². The van der Waals surface area contributed by atoms with E-state index in [0.717, 1.165) is 14.2 Å². The molecule has 17 heavy (non-hydrogen) atoms.